The highest BCUT2D eigenvalue weighted by Crippen LogP contribution is 2.44. The van der Waals surface area contributed by atoms with Gasteiger partial charge in [-0.15, -0.1) is 0 Å². The first-order chi connectivity index (χ1) is 8.80. The molecule has 1 atom stereocenters. The first kappa shape index (κ1) is 13.5. The second kappa shape index (κ2) is 6.33. The van der Waals surface area contributed by atoms with Crippen molar-refractivity contribution in [2.45, 2.75) is 58.4 Å². The minimum Gasteiger partial charge on any atom is -0.313 e. The molecule has 0 saturated heterocycles. The molecule has 1 aliphatic rings. The van der Waals surface area contributed by atoms with E-state index in [0.717, 1.165) is 13.0 Å². The van der Waals surface area contributed by atoms with Crippen molar-refractivity contribution in [1.82, 2.24) is 10.3 Å². The normalized spacial score (nSPS) is 19.9. The minimum absolute atomic E-state index is 0.527. The summed E-state index contributed by atoms with van der Waals surface area (Å²) in [5.74, 6) is 0. The van der Waals surface area contributed by atoms with Gasteiger partial charge in [-0.1, -0.05) is 26.7 Å². The average Bonchev–Trinajstić information content (AvgIpc) is 2.89. The summed E-state index contributed by atoms with van der Waals surface area (Å²) in [6.07, 6.45) is 11.9. The maximum atomic E-state index is 4.11. The number of rotatable bonds is 6. The molecule has 0 bridgehead atoms. The van der Waals surface area contributed by atoms with Crippen molar-refractivity contribution >= 4 is 0 Å². The first-order valence-electron chi connectivity index (χ1n) is 7.43. The lowest BCUT2D eigenvalue weighted by molar-refractivity contribution is 0.186. The number of nitrogens with one attached hydrogen (secondary N) is 1. The van der Waals surface area contributed by atoms with Crippen molar-refractivity contribution in [3.63, 3.8) is 0 Å². The van der Waals surface area contributed by atoms with Crippen LogP contribution in [0.3, 0.4) is 0 Å². The lowest BCUT2D eigenvalue weighted by atomic mass is 9.74. The van der Waals surface area contributed by atoms with Gasteiger partial charge in [-0.2, -0.15) is 0 Å². The van der Waals surface area contributed by atoms with Gasteiger partial charge in [-0.3, -0.25) is 4.98 Å². The zero-order chi connectivity index (χ0) is 12.8. The molecule has 100 valence electrons. The Bertz CT molecular complexity index is 341. The molecule has 1 aromatic rings. The lowest BCUT2D eigenvalue weighted by Crippen LogP contribution is -2.45. The third-order valence-electron chi connectivity index (χ3n) is 4.68. The Hall–Kier alpha value is -0.890. The van der Waals surface area contributed by atoms with Gasteiger partial charge in [-0.05, 0) is 55.3 Å². The number of hydrogen-bond donors (Lipinski definition) is 1. The van der Waals surface area contributed by atoms with Crippen LogP contribution in [0.4, 0.5) is 0 Å². The van der Waals surface area contributed by atoms with E-state index in [-0.39, 0.29) is 0 Å². The van der Waals surface area contributed by atoms with E-state index in [9.17, 15) is 0 Å². The summed E-state index contributed by atoms with van der Waals surface area (Å²) >= 11 is 0. The molecule has 0 spiro atoms. The van der Waals surface area contributed by atoms with Gasteiger partial charge in [0.15, 0.2) is 0 Å². The van der Waals surface area contributed by atoms with Crippen LogP contribution in [0.2, 0.25) is 0 Å². The second-order valence-corrected chi connectivity index (χ2v) is 5.59. The maximum Gasteiger partial charge on any atom is 0.0270 e. The van der Waals surface area contributed by atoms with Gasteiger partial charge in [0.05, 0.1) is 0 Å². The van der Waals surface area contributed by atoms with Gasteiger partial charge in [0.1, 0.15) is 0 Å². The summed E-state index contributed by atoms with van der Waals surface area (Å²) in [6.45, 7) is 5.65. The van der Waals surface area contributed by atoms with E-state index >= 15 is 0 Å². The Labute approximate surface area is 111 Å². The minimum atomic E-state index is 0.527. The average molecular weight is 246 g/mol. The highest BCUT2D eigenvalue weighted by molar-refractivity contribution is 5.13. The van der Waals surface area contributed by atoms with Crippen molar-refractivity contribution < 1.29 is 0 Å². The standard InChI is InChI=1S/C16H26N2/c1-3-16(9-5-6-10-16)15(18-4-2)13-14-7-11-17-12-8-14/h7-8,11-12,15,18H,3-6,9-10,13H2,1-2H3. The fourth-order valence-corrected chi connectivity index (χ4v) is 3.53. The monoisotopic (exact) mass is 246 g/mol. The molecular formula is C16H26N2. The topological polar surface area (TPSA) is 24.9 Å². The van der Waals surface area contributed by atoms with Crippen LogP contribution in [0.25, 0.3) is 0 Å². The van der Waals surface area contributed by atoms with Crippen molar-refractivity contribution in [2.24, 2.45) is 5.41 Å². The number of likely N-dealkylation sites (N-methyl/N-ethyl adjacent to an activating group) is 1. The summed E-state index contributed by atoms with van der Waals surface area (Å²) in [5, 5.41) is 3.74. The molecule has 2 rings (SSSR count). The molecule has 1 fully saturated rings. The maximum absolute atomic E-state index is 4.11. The molecular weight excluding hydrogens is 220 g/mol. The second-order valence-electron chi connectivity index (χ2n) is 5.59. The highest BCUT2D eigenvalue weighted by atomic mass is 14.9. The number of pyridine rings is 1. The predicted octanol–water partition coefficient (Wildman–Crippen LogP) is 3.57. The van der Waals surface area contributed by atoms with Crippen LogP contribution in [0.5, 0.6) is 0 Å². The summed E-state index contributed by atoms with van der Waals surface area (Å²) in [6, 6.07) is 4.93. The Morgan fingerprint density at radius 3 is 2.44 bits per heavy atom. The summed E-state index contributed by atoms with van der Waals surface area (Å²) in [4.78, 5) is 4.11. The Balaban J connectivity index is 2.12. The summed E-state index contributed by atoms with van der Waals surface area (Å²) in [7, 11) is 0. The zero-order valence-electron chi connectivity index (χ0n) is 11.8. The van der Waals surface area contributed by atoms with E-state index in [1.807, 2.05) is 12.4 Å². The smallest absolute Gasteiger partial charge is 0.0270 e. The van der Waals surface area contributed by atoms with Crippen LogP contribution >= 0.6 is 0 Å². The molecule has 0 aromatic carbocycles. The Kier molecular flexibility index (Phi) is 4.76. The number of nitrogens with zero attached hydrogens (tertiary/aromatic N) is 1. The highest BCUT2D eigenvalue weighted by Gasteiger charge is 2.39. The SMILES string of the molecule is CCNC(Cc1ccncc1)C1(CC)CCCC1. The van der Waals surface area contributed by atoms with Crippen molar-refractivity contribution in [3.8, 4) is 0 Å². The van der Waals surface area contributed by atoms with Crippen LogP contribution < -0.4 is 5.32 Å². The van der Waals surface area contributed by atoms with Crippen molar-refractivity contribution in [3.05, 3.63) is 30.1 Å². The molecule has 1 unspecified atom stereocenters. The van der Waals surface area contributed by atoms with Crippen LogP contribution in [0, 0.1) is 5.41 Å². The molecule has 18 heavy (non-hydrogen) atoms. The molecule has 0 aliphatic heterocycles. The third-order valence-corrected chi connectivity index (χ3v) is 4.68. The van der Waals surface area contributed by atoms with Gasteiger partial charge < -0.3 is 5.32 Å². The van der Waals surface area contributed by atoms with E-state index in [1.165, 1.54) is 37.7 Å². The van der Waals surface area contributed by atoms with E-state index in [2.05, 4.69) is 36.3 Å². The predicted molar refractivity (Wildman–Crippen MR) is 76.6 cm³/mol. The Morgan fingerprint density at radius 2 is 1.89 bits per heavy atom. The molecule has 1 aromatic heterocycles. The fraction of sp³-hybridized carbons (Fsp3) is 0.688. The molecule has 0 amide bonds. The molecule has 2 heteroatoms. The molecule has 2 nitrogen and oxygen atoms in total. The van der Waals surface area contributed by atoms with Crippen molar-refractivity contribution in [2.75, 3.05) is 6.54 Å². The number of aromatic nitrogens is 1. The fourth-order valence-electron chi connectivity index (χ4n) is 3.53. The van der Waals surface area contributed by atoms with Gasteiger partial charge >= 0.3 is 0 Å². The van der Waals surface area contributed by atoms with E-state index < -0.39 is 0 Å². The lowest BCUT2D eigenvalue weighted by Gasteiger charge is -2.38. The van der Waals surface area contributed by atoms with E-state index in [4.69, 9.17) is 0 Å². The number of hydrogen-bond acceptors (Lipinski definition) is 2. The van der Waals surface area contributed by atoms with Gasteiger partial charge in [0.2, 0.25) is 0 Å². The zero-order valence-corrected chi connectivity index (χ0v) is 11.8. The van der Waals surface area contributed by atoms with Gasteiger partial charge in [-0.25, -0.2) is 0 Å². The van der Waals surface area contributed by atoms with Crippen LogP contribution in [-0.4, -0.2) is 17.6 Å². The molecule has 1 saturated carbocycles. The molecule has 0 radical (unpaired) electrons. The summed E-state index contributed by atoms with van der Waals surface area (Å²) in [5.41, 5.74) is 1.94. The molecule has 1 N–H and O–H groups in total. The van der Waals surface area contributed by atoms with Crippen LogP contribution in [-0.2, 0) is 6.42 Å². The quantitative estimate of drug-likeness (QED) is 0.830. The Morgan fingerprint density at radius 1 is 1.22 bits per heavy atom. The third kappa shape index (κ3) is 2.92. The largest absolute Gasteiger partial charge is 0.313 e. The molecule has 1 aliphatic carbocycles. The summed E-state index contributed by atoms with van der Waals surface area (Å²) < 4.78 is 0. The van der Waals surface area contributed by atoms with Crippen LogP contribution in [0.1, 0.15) is 51.5 Å². The van der Waals surface area contributed by atoms with E-state index in [0.29, 0.717) is 11.5 Å². The first-order valence-corrected chi connectivity index (χ1v) is 7.43. The van der Waals surface area contributed by atoms with E-state index in [1.54, 1.807) is 0 Å². The molecule has 1 heterocycles. The van der Waals surface area contributed by atoms with Gasteiger partial charge in [0, 0.05) is 18.4 Å². The van der Waals surface area contributed by atoms with Gasteiger partial charge in [0.25, 0.3) is 0 Å². The van der Waals surface area contributed by atoms with Crippen molar-refractivity contribution in [1.29, 1.82) is 0 Å². The van der Waals surface area contributed by atoms with Crippen LogP contribution in [0.15, 0.2) is 24.5 Å².